The van der Waals surface area contributed by atoms with Gasteiger partial charge in [-0.2, -0.15) is 0 Å². The Balaban J connectivity index is 2.28. The number of hydrogen-bond acceptors (Lipinski definition) is 4. The molecule has 0 radical (unpaired) electrons. The smallest absolute Gasteiger partial charge is 0.302 e. The molecule has 0 saturated carbocycles. The summed E-state index contributed by atoms with van der Waals surface area (Å²) in [6, 6.07) is 0. The lowest BCUT2D eigenvalue weighted by atomic mass is 10.0. The lowest BCUT2D eigenvalue weighted by Crippen LogP contribution is -2.20. The fraction of sp³-hybridized carbons (Fsp3) is 0.750. The monoisotopic (exact) mass is 228 g/mol. The van der Waals surface area contributed by atoms with Gasteiger partial charge in [-0.1, -0.05) is 5.57 Å². The predicted molar refractivity (Wildman–Crippen MR) is 60.0 cm³/mol. The molecule has 1 saturated heterocycles. The molecule has 0 spiro atoms. The lowest BCUT2D eigenvalue weighted by molar-refractivity contribution is -0.139. The molecular formula is C12H20O4. The number of rotatable bonds is 5. The van der Waals surface area contributed by atoms with Gasteiger partial charge in [0.2, 0.25) is 0 Å². The van der Waals surface area contributed by atoms with Gasteiger partial charge in [-0.3, -0.25) is 4.79 Å². The van der Waals surface area contributed by atoms with Crippen molar-refractivity contribution in [3.05, 3.63) is 11.6 Å². The van der Waals surface area contributed by atoms with Crippen LogP contribution in [-0.2, 0) is 14.3 Å². The number of aliphatic hydroxyl groups is 1. The second-order valence-electron chi connectivity index (χ2n) is 4.77. The first kappa shape index (κ1) is 13.2. The van der Waals surface area contributed by atoms with E-state index in [0.29, 0.717) is 6.42 Å². The van der Waals surface area contributed by atoms with Crippen LogP contribution < -0.4 is 0 Å². The first-order valence-electron chi connectivity index (χ1n) is 5.48. The average molecular weight is 228 g/mol. The Morgan fingerprint density at radius 3 is 2.56 bits per heavy atom. The van der Waals surface area contributed by atoms with Gasteiger partial charge in [-0.15, -0.1) is 0 Å². The Labute approximate surface area is 96.2 Å². The van der Waals surface area contributed by atoms with Crippen LogP contribution in [0.3, 0.4) is 0 Å². The second kappa shape index (κ2) is 4.97. The Kier molecular flexibility index (Phi) is 4.10. The third-order valence-corrected chi connectivity index (χ3v) is 2.66. The Bertz CT molecular complexity index is 293. The number of epoxide rings is 1. The molecule has 4 nitrogen and oxygen atoms in total. The minimum Gasteiger partial charge on any atom is -0.462 e. The summed E-state index contributed by atoms with van der Waals surface area (Å²) >= 11 is 0. The summed E-state index contributed by atoms with van der Waals surface area (Å²) in [5.74, 6) is -0.295. The van der Waals surface area contributed by atoms with Gasteiger partial charge in [0.1, 0.15) is 12.7 Å². The van der Waals surface area contributed by atoms with Crippen molar-refractivity contribution in [1.29, 1.82) is 0 Å². The van der Waals surface area contributed by atoms with Crippen molar-refractivity contribution < 1.29 is 19.4 Å². The largest absolute Gasteiger partial charge is 0.462 e. The fourth-order valence-corrected chi connectivity index (χ4v) is 1.66. The van der Waals surface area contributed by atoms with Crippen LogP contribution in [0.4, 0.5) is 0 Å². The van der Waals surface area contributed by atoms with E-state index >= 15 is 0 Å². The molecule has 1 rings (SSSR count). The van der Waals surface area contributed by atoms with Gasteiger partial charge in [0.15, 0.2) is 0 Å². The van der Waals surface area contributed by atoms with Gasteiger partial charge in [0, 0.05) is 6.92 Å². The van der Waals surface area contributed by atoms with Gasteiger partial charge >= 0.3 is 5.97 Å². The second-order valence-corrected chi connectivity index (χ2v) is 4.77. The highest BCUT2D eigenvalue weighted by atomic mass is 16.6. The summed E-state index contributed by atoms with van der Waals surface area (Å²) in [6.07, 6.45) is 1.79. The molecule has 0 amide bonds. The summed E-state index contributed by atoms with van der Waals surface area (Å²) in [6.45, 7) is 7.46. The maximum atomic E-state index is 10.5. The Morgan fingerprint density at radius 1 is 1.56 bits per heavy atom. The van der Waals surface area contributed by atoms with E-state index in [9.17, 15) is 9.90 Å². The van der Waals surface area contributed by atoms with Crippen molar-refractivity contribution in [2.24, 2.45) is 0 Å². The molecule has 92 valence electrons. The van der Waals surface area contributed by atoms with Crippen LogP contribution in [0.25, 0.3) is 0 Å². The van der Waals surface area contributed by atoms with Crippen molar-refractivity contribution in [3.8, 4) is 0 Å². The Hall–Kier alpha value is -0.870. The van der Waals surface area contributed by atoms with E-state index in [1.807, 2.05) is 20.8 Å². The summed E-state index contributed by atoms with van der Waals surface area (Å²) in [4.78, 5) is 10.5. The molecule has 1 heterocycles. The van der Waals surface area contributed by atoms with Crippen molar-refractivity contribution in [3.63, 3.8) is 0 Å². The topological polar surface area (TPSA) is 59.1 Å². The van der Waals surface area contributed by atoms with Crippen LogP contribution in [0.2, 0.25) is 0 Å². The number of hydrogen-bond donors (Lipinski definition) is 1. The molecule has 0 aromatic heterocycles. The van der Waals surface area contributed by atoms with Crippen LogP contribution in [0.5, 0.6) is 0 Å². The average Bonchev–Trinajstić information content (AvgIpc) is 2.74. The van der Waals surface area contributed by atoms with Gasteiger partial charge in [0.05, 0.1) is 11.7 Å². The molecule has 1 aliphatic heterocycles. The van der Waals surface area contributed by atoms with E-state index in [1.165, 1.54) is 6.92 Å². The van der Waals surface area contributed by atoms with Gasteiger partial charge in [-0.25, -0.2) is 0 Å². The molecule has 0 aromatic rings. The van der Waals surface area contributed by atoms with E-state index < -0.39 is 6.10 Å². The molecular weight excluding hydrogens is 208 g/mol. The quantitative estimate of drug-likeness (QED) is 0.439. The van der Waals surface area contributed by atoms with E-state index in [4.69, 9.17) is 9.47 Å². The molecule has 0 aromatic carbocycles. The third-order valence-electron chi connectivity index (χ3n) is 2.66. The number of esters is 1. The van der Waals surface area contributed by atoms with E-state index in [-0.39, 0.29) is 24.3 Å². The van der Waals surface area contributed by atoms with Crippen LogP contribution in [0.15, 0.2) is 11.6 Å². The SMILES string of the molecule is CC(=O)OCC=C(C)CC(O)C1OC1(C)C. The molecule has 4 heteroatoms. The molecule has 2 unspecified atom stereocenters. The highest BCUT2D eigenvalue weighted by molar-refractivity contribution is 5.66. The molecule has 1 N–H and O–H groups in total. The van der Waals surface area contributed by atoms with Crippen molar-refractivity contribution >= 4 is 5.97 Å². The standard InChI is InChI=1S/C12H20O4/c1-8(5-6-15-9(2)13)7-10(14)11-12(3,4)16-11/h5,10-11,14H,6-7H2,1-4H3. The molecule has 1 aliphatic rings. The molecule has 1 fully saturated rings. The minimum atomic E-state index is -0.483. The van der Waals surface area contributed by atoms with Crippen LogP contribution >= 0.6 is 0 Å². The molecule has 16 heavy (non-hydrogen) atoms. The van der Waals surface area contributed by atoms with Crippen LogP contribution in [0.1, 0.15) is 34.1 Å². The van der Waals surface area contributed by atoms with Crippen LogP contribution in [-0.4, -0.2) is 35.5 Å². The number of carbonyl (C=O) groups excluding carboxylic acids is 1. The normalized spacial score (nSPS) is 25.1. The summed E-state index contributed by atoms with van der Waals surface area (Å²) in [5.41, 5.74) is 0.801. The van der Waals surface area contributed by atoms with Crippen molar-refractivity contribution in [2.75, 3.05) is 6.61 Å². The molecule has 2 atom stereocenters. The van der Waals surface area contributed by atoms with Crippen LogP contribution in [0, 0.1) is 0 Å². The summed E-state index contributed by atoms with van der Waals surface area (Å²) in [7, 11) is 0. The molecule has 0 aliphatic carbocycles. The van der Waals surface area contributed by atoms with Gasteiger partial charge < -0.3 is 14.6 Å². The number of ether oxygens (including phenoxy) is 2. The lowest BCUT2D eigenvalue weighted by Gasteiger charge is -2.09. The van der Waals surface area contributed by atoms with Gasteiger partial charge in [-0.05, 0) is 33.3 Å². The summed E-state index contributed by atoms with van der Waals surface area (Å²) < 4.78 is 10.1. The van der Waals surface area contributed by atoms with Crippen molar-refractivity contribution in [1.82, 2.24) is 0 Å². The zero-order chi connectivity index (χ0) is 12.3. The zero-order valence-corrected chi connectivity index (χ0v) is 10.3. The summed E-state index contributed by atoms with van der Waals surface area (Å²) in [5, 5.41) is 9.83. The maximum absolute atomic E-state index is 10.5. The number of aliphatic hydroxyl groups excluding tert-OH is 1. The predicted octanol–water partition coefficient (Wildman–Crippen LogP) is 1.42. The zero-order valence-electron chi connectivity index (χ0n) is 10.3. The fourth-order valence-electron chi connectivity index (χ4n) is 1.66. The highest BCUT2D eigenvalue weighted by Crippen LogP contribution is 2.39. The highest BCUT2D eigenvalue weighted by Gasteiger charge is 2.51. The molecule has 0 bridgehead atoms. The third kappa shape index (κ3) is 3.94. The first-order chi connectivity index (χ1) is 7.33. The van der Waals surface area contributed by atoms with Gasteiger partial charge in [0.25, 0.3) is 0 Å². The van der Waals surface area contributed by atoms with E-state index in [0.717, 1.165) is 5.57 Å². The first-order valence-corrected chi connectivity index (χ1v) is 5.48. The minimum absolute atomic E-state index is 0.0791. The van der Waals surface area contributed by atoms with Crippen molar-refractivity contribution in [2.45, 2.75) is 51.9 Å². The Morgan fingerprint density at radius 2 is 2.12 bits per heavy atom. The maximum Gasteiger partial charge on any atom is 0.302 e. The van der Waals surface area contributed by atoms with E-state index in [1.54, 1.807) is 6.08 Å². The van der Waals surface area contributed by atoms with E-state index in [2.05, 4.69) is 0 Å². The number of carbonyl (C=O) groups is 1.